The molecule has 2 amide bonds. The van der Waals surface area contributed by atoms with Gasteiger partial charge in [0, 0.05) is 24.9 Å². The van der Waals surface area contributed by atoms with E-state index in [1.54, 1.807) is 42.6 Å². The largest absolute Gasteiger partial charge is 0.473 e. The molecule has 38 heavy (non-hydrogen) atoms. The minimum atomic E-state index is -0.568. The second-order valence-electron chi connectivity index (χ2n) is 8.71. The van der Waals surface area contributed by atoms with Crippen molar-refractivity contribution in [3.8, 4) is 11.8 Å². The Kier molecular flexibility index (Phi) is 7.46. The van der Waals surface area contributed by atoms with E-state index < -0.39 is 6.29 Å². The smallest absolute Gasteiger partial charge is 0.261 e. The zero-order valence-corrected chi connectivity index (χ0v) is 20.5. The number of unbranched alkanes of at least 4 members (excludes halogenated alkanes) is 1. The maximum Gasteiger partial charge on any atom is 0.261 e. The number of nitrogens with one attached hydrogen (secondary N) is 2. The van der Waals surface area contributed by atoms with Gasteiger partial charge in [-0.25, -0.2) is 9.38 Å². The van der Waals surface area contributed by atoms with E-state index in [0.717, 1.165) is 5.56 Å². The van der Waals surface area contributed by atoms with Crippen LogP contribution in [0.1, 0.15) is 39.1 Å². The highest BCUT2D eigenvalue weighted by atomic mass is 19.1. The molecule has 2 N–H and O–H groups in total. The van der Waals surface area contributed by atoms with Crippen LogP contribution in [0.4, 0.5) is 10.1 Å². The van der Waals surface area contributed by atoms with Crippen molar-refractivity contribution in [3.05, 3.63) is 113 Å². The number of rotatable bonds is 8. The Morgan fingerprint density at radius 2 is 1.71 bits per heavy atom. The van der Waals surface area contributed by atoms with Crippen LogP contribution in [0.5, 0.6) is 0 Å². The Balaban J connectivity index is 1.23. The number of nitrogens with zero attached hydrogens (tertiary/aromatic N) is 2. The Hall–Kier alpha value is -4.90. The highest BCUT2D eigenvalue weighted by Crippen LogP contribution is 2.22. The molecule has 3 aromatic carbocycles. The van der Waals surface area contributed by atoms with Crippen molar-refractivity contribution >= 4 is 23.7 Å². The third kappa shape index (κ3) is 5.73. The number of carbonyl (C=O) groups excluding carboxylic acids is 2. The molecule has 2 aliphatic heterocycles. The van der Waals surface area contributed by atoms with Gasteiger partial charge in [0.1, 0.15) is 18.0 Å². The van der Waals surface area contributed by atoms with Crippen LogP contribution in [0.2, 0.25) is 0 Å². The number of halogens is 1. The van der Waals surface area contributed by atoms with Gasteiger partial charge in [0.2, 0.25) is 5.88 Å². The van der Waals surface area contributed by atoms with E-state index in [1.807, 2.05) is 30.3 Å². The summed E-state index contributed by atoms with van der Waals surface area (Å²) >= 11 is 0. The van der Waals surface area contributed by atoms with Crippen LogP contribution in [0, 0.1) is 17.7 Å². The van der Waals surface area contributed by atoms with Gasteiger partial charge in [-0.3, -0.25) is 14.5 Å². The fourth-order valence-corrected chi connectivity index (χ4v) is 4.12. The molecule has 1 unspecified atom stereocenters. The first-order valence-electron chi connectivity index (χ1n) is 12.3. The molecule has 5 rings (SSSR count). The number of fused-ring (bicyclic) bond motifs is 1. The topological polar surface area (TPSA) is 83.0 Å². The van der Waals surface area contributed by atoms with E-state index >= 15 is 0 Å². The Labute approximate surface area is 220 Å². The molecule has 0 fully saturated rings. The molecule has 7 nitrogen and oxygen atoms in total. The number of allylic oxidation sites excluding steroid dienone is 1. The summed E-state index contributed by atoms with van der Waals surface area (Å²) in [5.41, 5.74) is 3.02. The quantitative estimate of drug-likeness (QED) is 0.262. The normalized spacial score (nSPS) is 16.0. The summed E-state index contributed by atoms with van der Waals surface area (Å²) in [6.07, 6.45) is 2.06. The van der Waals surface area contributed by atoms with Crippen molar-refractivity contribution in [1.82, 2.24) is 10.2 Å². The molecule has 190 valence electrons. The van der Waals surface area contributed by atoms with E-state index in [2.05, 4.69) is 27.5 Å². The lowest BCUT2D eigenvalue weighted by Gasteiger charge is -2.24. The van der Waals surface area contributed by atoms with Gasteiger partial charge in [-0.05, 0) is 42.3 Å². The molecule has 0 aliphatic carbocycles. The molecule has 2 heterocycles. The number of carbonyl (C=O) groups is 2. The van der Waals surface area contributed by atoms with Gasteiger partial charge in [0.05, 0.1) is 11.1 Å². The van der Waals surface area contributed by atoms with E-state index in [9.17, 15) is 14.0 Å². The molecule has 0 bridgehead atoms. The van der Waals surface area contributed by atoms with Crippen LogP contribution in [0.15, 0.2) is 95.3 Å². The van der Waals surface area contributed by atoms with Gasteiger partial charge in [-0.15, -0.1) is 0 Å². The van der Waals surface area contributed by atoms with Gasteiger partial charge in [-0.2, -0.15) is 0 Å². The van der Waals surface area contributed by atoms with Crippen LogP contribution in [0.25, 0.3) is 0 Å². The number of anilines is 1. The number of hydrogen-bond donors (Lipinski definition) is 2. The average Bonchev–Trinajstić information content (AvgIpc) is 3.18. The lowest BCUT2D eigenvalue weighted by atomic mass is 10.1. The monoisotopic (exact) mass is 508 g/mol. The van der Waals surface area contributed by atoms with E-state index in [0.29, 0.717) is 54.3 Å². The molecule has 0 saturated heterocycles. The molecule has 8 heteroatoms. The van der Waals surface area contributed by atoms with Gasteiger partial charge < -0.3 is 15.4 Å². The maximum absolute atomic E-state index is 13.6. The van der Waals surface area contributed by atoms with Crippen molar-refractivity contribution in [2.45, 2.75) is 25.7 Å². The maximum atomic E-state index is 13.6. The summed E-state index contributed by atoms with van der Waals surface area (Å²) in [6.45, 7) is 0.623. The van der Waals surface area contributed by atoms with Gasteiger partial charge in [0.25, 0.3) is 11.8 Å². The SMILES string of the molecule is O=C1c2ccccc2C(=O)N1CCCC#CC1=C(OCc2ccccc2)NC(Nc2cccc(F)c2)N=C1. The van der Waals surface area contributed by atoms with Crippen LogP contribution in [-0.4, -0.2) is 35.8 Å². The number of benzene rings is 3. The molecule has 3 aromatic rings. The number of imide groups is 1. The standard InChI is InChI=1S/C30H25FN4O3/c31-23-13-9-14-24(18-23)33-30-32-19-22(27(34-30)38-20-21-10-3-1-4-11-21)12-5-2-8-17-35-28(36)25-15-6-7-16-26(25)29(35)37/h1,3-4,6-7,9-11,13-16,18-19,30,33-34H,2,8,17,20H2. The lowest BCUT2D eigenvalue weighted by Crippen LogP contribution is -2.38. The van der Waals surface area contributed by atoms with Crippen molar-refractivity contribution in [3.63, 3.8) is 0 Å². The number of amides is 2. The minimum absolute atomic E-state index is 0.265. The zero-order chi connectivity index (χ0) is 26.3. The zero-order valence-electron chi connectivity index (χ0n) is 20.5. The van der Waals surface area contributed by atoms with E-state index in [4.69, 9.17) is 4.74 Å². The van der Waals surface area contributed by atoms with Crippen LogP contribution in [0.3, 0.4) is 0 Å². The van der Waals surface area contributed by atoms with E-state index in [-0.39, 0.29) is 17.6 Å². The highest BCUT2D eigenvalue weighted by molar-refractivity contribution is 6.21. The predicted molar refractivity (Wildman–Crippen MR) is 143 cm³/mol. The average molecular weight is 509 g/mol. The molecule has 1 atom stereocenters. The van der Waals surface area contributed by atoms with E-state index in [1.165, 1.54) is 17.0 Å². The first-order chi connectivity index (χ1) is 18.6. The Morgan fingerprint density at radius 1 is 0.974 bits per heavy atom. The molecular formula is C30H25FN4O3. The summed E-state index contributed by atoms with van der Waals surface area (Å²) in [6, 6.07) is 22.7. The van der Waals surface area contributed by atoms with Crippen LogP contribution in [-0.2, 0) is 11.3 Å². The van der Waals surface area contributed by atoms with Crippen molar-refractivity contribution in [2.75, 3.05) is 11.9 Å². The van der Waals surface area contributed by atoms with Crippen molar-refractivity contribution < 1.29 is 18.7 Å². The van der Waals surface area contributed by atoms with Crippen molar-refractivity contribution in [2.24, 2.45) is 4.99 Å². The Morgan fingerprint density at radius 3 is 2.45 bits per heavy atom. The van der Waals surface area contributed by atoms with Gasteiger partial charge in [0.15, 0.2) is 6.29 Å². The summed E-state index contributed by atoms with van der Waals surface area (Å²) in [7, 11) is 0. The highest BCUT2D eigenvalue weighted by Gasteiger charge is 2.34. The van der Waals surface area contributed by atoms with Gasteiger partial charge >= 0.3 is 0 Å². The molecule has 2 aliphatic rings. The molecule has 0 spiro atoms. The third-order valence-electron chi connectivity index (χ3n) is 6.00. The summed E-state index contributed by atoms with van der Waals surface area (Å²) < 4.78 is 19.6. The minimum Gasteiger partial charge on any atom is -0.473 e. The lowest BCUT2D eigenvalue weighted by molar-refractivity contribution is 0.0653. The second-order valence-corrected chi connectivity index (χ2v) is 8.71. The molecule has 0 radical (unpaired) electrons. The van der Waals surface area contributed by atoms with Gasteiger partial charge in [-0.1, -0.05) is 60.4 Å². The Bertz CT molecular complexity index is 1440. The molecule has 0 aromatic heterocycles. The second kappa shape index (κ2) is 11.4. The number of hydrogen-bond acceptors (Lipinski definition) is 6. The fourth-order valence-electron chi connectivity index (χ4n) is 4.12. The third-order valence-corrected chi connectivity index (χ3v) is 6.00. The predicted octanol–water partition coefficient (Wildman–Crippen LogP) is 4.70. The fraction of sp³-hybridized carbons (Fsp3) is 0.167. The summed E-state index contributed by atoms with van der Waals surface area (Å²) in [5, 5.41) is 6.29. The van der Waals surface area contributed by atoms with Crippen molar-refractivity contribution in [1.29, 1.82) is 0 Å². The number of aliphatic imine (C=N–C) groups is 1. The molecule has 0 saturated carbocycles. The first-order valence-corrected chi connectivity index (χ1v) is 12.3. The van der Waals surface area contributed by atoms with Crippen LogP contribution < -0.4 is 10.6 Å². The van der Waals surface area contributed by atoms with Crippen LogP contribution >= 0.6 is 0 Å². The summed E-state index contributed by atoms with van der Waals surface area (Å²) in [4.78, 5) is 30.8. The first kappa shape index (κ1) is 24.8. The summed E-state index contributed by atoms with van der Waals surface area (Å²) in [5.74, 6) is 5.75. The molecular weight excluding hydrogens is 483 g/mol. The number of ether oxygens (including phenoxy) is 1.